The van der Waals surface area contributed by atoms with Crippen molar-refractivity contribution in [2.45, 2.75) is 5.75 Å². The van der Waals surface area contributed by atoms with Gasteiger partial charge in [-0.1, -0.05) is 11.6 Å². The topological polar surface area (TPSA) is 57.2 Å². The van der Waals surface area contributed by atoms with Crippen LogP contribution in [0.3, 0.4) is 0 Å². The average molecular weight is 265 g/mol. The van der Waals surface area contributed by atoms with Crippen LogP contribution in [-0.2, 0) is 15.9 Å². The van der Waals surface area contributed by atoms with Gasteiger partial charge in [-0.05, 0) is 12.1 Å². The summed E-state index contributed by atoms with van der Waals surface area (Å²) in [6.07, 6.45) is 0. The second-order valence-electron chi connectivity index (χ2n) is 2.52. The molecule has 1 aromatic rings. The van der Waals surface area contributed by atoms with Crippen molar-refractivity contribution in [1.29, 1.82) is 0 Å². The van der Waals surface area contributed by atoms with E-state index >= 15 is 0 Å². The molecule has 0 aromatic heterocycles. The Balaban J connectivity index is 0.00000196. The Labute approximate surface area is 112 Å². The Morgan fingerprint density at radius 3 is 2.20 bits per heavy atom. The largest absolute Gasteiger partial charge is 1.00 e. The molecule has 0 aliphatic rings. The van der Waals surface area contributed by atoms with Gasteiger partial charge in [0.2, 0.25) is 0 Å². The molecule has 15 heavy (non-hydrogen) atoms. The van der Waals surface area contributed by atoms with E-state index in [0.29, 0.717) is 6.07 Å². The van der Waals surface area contributed by atoms with Crippen LogP contribution in [-0.4, -0.2) is 13.0 Å². The summed E-state index contributed by atoms with van der Waals surface area (Å²) in [7, 11) is -4.68. The summed E-state index contributed by atoms with van der Waals surface area (Å²) in [5.41, 5.74) is -0.637. The quantitative estimate of drug-likeness (QED) is 0.378. The molecular weight excluding hydrogens is 261 g/mol. The molecule has 0 bridgehead atoms. The summed E-state index contributed by atoms with van der Waals surface area (Å²) in [5.74, 6) is -3.14. The summed E-state index contributed by atoms with van der Waals surface area (Å²) >= 11 is 5.29. The minimum absolute atomic E-state index is 0. The number of halogens is 3. The van der Waals surface area contributed by atoms with Crippen molar-refractivity contribution in [3.05, 3.63) is 34.4 Å². The number of hydrogen-bond acceptors (Lipinski definition) is 3. The third-order valence-electron chi connectivity index (χ3n) is 1.46. The molecule has 8 heteroatoms. The van der Waals surface area contributed by atoms with E-state index in [1.165, 1.54) is 0 Å². The zero-order valence-corrected chi connectivity index (χ0v) is 11.2. The zero-order chi connectivity index (χ0) is 10.9. The molecule has 0 heterocycles. The van der Waals surface area contributed by atoms with Gasteiger partial charge in [0.1, 0.15) is 11.6 Å². The molecule has 0 atom stereocenters. The molecule has 1 aromatic carbocycles. The third kappa shape index (κ3) is 4.34. The van der Waals surface area contributed by atoms with E-state index in [4.69, 9.17) is 11.6 Å². The molecule has 0 saturated heterocycles. The van der Waals surface area contributed by atoms with Crippen molar-refractivity contribution in [2.75, 3.05) is 0 Å². The van der Waals surface area contributed by atoms with E-state index in [-0.39, 0.29) is 29.6 Å². The summed E-state index contributed by atoms with van der Waals surface area (Å²) in [6.45, 7) is 0. The predicted molar refractivity (Wildman–Crippen MR) is 44.8 cm³/mol. The molecule has 0 spiro atoms. The molecule has 0 saturated carbocycles. The molecule has 0 radical (unpaired) electrons. The van der Waals surface area contributed by atoms with E-state index in [1.807, 2.05) is 0 Å². The first-order valence-corrected chi connectivity index (χ1v) is 5.33. The first-order chi connectivity index (χ1) is 6.31. The standard InChI is InChI=1S/C7H5ClF2O3S.Na/c8-7-4(3-14(11,12)13)5(9)1-2-6(7)10;/h1-2H,3H2,(H,11,12,13);/q;+1/p-1. The third-order valence-corrected chi connectivity index (χ3v) is 2.51. The van der Waals surface area contributed by atoms with Crippen LogP contribution in [0.4, 0.5) is 8.78 Å². The van der Waals surface area contributed by atoms with E-state index < -0.39 is 38.1 Å². The number of rotatable bonds is 2. The van der Waals surface area contributed by atoms with Crippen molar-refractivity contribution >= 4 is 21.7 Å². The minimum atomic E-state index is -4.68. The van der Waals surface area contributed by atoms with E-state index in [9.17, 15) is 21.8 Å². The van der Waals surface area contributed by atoms with Gasteiger partial charge in [-0.2, -0.15) is 0 Å². The van der Waals surface area contributed by atoms with Gasteiger partial charge in [-0.25, -0.2) is 17.2 Å². The van der Waals surface area contributed by atoms with Crippen molar-refractivity contribution in [2.24, 2.45) is 0 Å². The first-order valence-electron chi connectivity index (χ1n) is 3.37. The van der Waals surface area contributed by atoms with Gasteiger partial charge in [-0.3, -0.25) is 0 Å². The minimum Gasteiger partial charge on any atom is -0.748 e. The van der Waals surface area contributed by atoms with E-state index in [2.05, 4.69) is 0 Å². The Bertz CT molecular complexity index is 464. The Morgan fingerprint density at radius 1 is 1.27 bits per heavy atom. The fourth-order valence-electron chi connectivity index (χ4n) is 0.878. The zero-order valence-electron chi connectivity index (χ0n) is 7.63. The van der Waals surface area contributed by atoms with Crippen molar-refractivity contribution < 1.29 is 51.3 Å². The van der Waals surface area contributed by atoms with Crippen LogP contribution < -0.4 is 29.6 Å². The Hall–Kier alpha value is 0.280. The van der Waals surface area contributed by atoms with Gasteiger partial charge in [0.15, 0.2) is 0 Å². The smallest absolute Gasteiger partial charge is 0.748 e. The SMILES string of the molecule is O=S(=O)([O-])Cc1c(F)ccc(F)c1Cl.[Na+]. The second kappa shape index (κ2) is 5.56. The van der Waals surface area contributed by atoms with Crippen LogP contribution >= 0.6 is 11.6 Å². The van der Waals surface area contributed by atoms with Crippen LogP contribution in [0.2, 0.25) is 5.02 Å². The second-order valence-corrected chi connectivity index (χ2v) is 4.31. The van der Waals surface area contributed by atoms with Gasteiger partial charge in [0.05, 0.1) is 20.9 Å². The molecule has 1 rings (SSSR count). The van der Waals surface area contributed by atoms with E-state index in [0.717, 1.165) is 6.07 Å². The van der Waals surface area contributed by atoms with Crippen LogP contribution in [0, 0.1) is 11.6 Å². The van der Waals surface area contributed by atoms with Gasteiger partial charge in [0, 0.05) is 5.56 Å². The summed E-state index contributed by atoms with van der Waals surface area (Å²) in [6, 6.07) is 1.46. The number of hydrogen-bond donors (Lipinski definition) is 0. The van der Waals surface area contributed by atoms with Crippen LogP contribution in [0.5, 0.6) is 0 Å². The van der Waals surface area contributed by atoms with E-state index in [1.54, 1.807) is 0 Å². The van der Waals surface area contributed by atoms with Gasteiger partial charge < -0.3 is 4.55 Å². The summed E-state index contributed by atoms with van der Waals surface area (Å²) in [5, 5.41) is -0.676. The molecule has 3 nitrogen and oxygen atoms in total. The van der Waals surface area contributed by atoms with Crippen molar-refractivity contribution in [1.82, 2.24) is 0 Å². The maximum Gasteiger partial charge on any atom is 1.00 e. The molecule has 0 aliphatic carbocycles. The monoisotopic (exact) mass is 264 g/mol. The van der Waals surface area contributed by atoms with Crippen LogP contribution in [0.25, 0.3) is 0 Å². The molecule has 0 fully saturated rings. The normalized spacial score (nSPS) is 10.9. The predicted octanol–water partition coefficient (Wildman–Crippen LogP) is -1.33. The maximum absolute atomic E-state index is 12.9. The molecular formula is C7H4ClF2NaO3S. The average Bonchev–Trinajstić information content (AvgIpc) is 2.04. The Kier molecular flexibility index (Phi) is 5.67. The van der Waals surface area contributed by atoms with Crippen LogP contribution in [0.15, 0.2) is 12.1 Å². The molecule has 0 unspecified atom stereocenters. The fourth-order valence-corrected chi connectivity index (χ4v) is 1.81. The van der Waals surface area contributed by atoms with Gasteiger partial charge in [-0.15, -0.1) is 0 Å². The fraction of sp³-hybridized carbons (Fsp3) is 0.143. The van der Waals surface area contributed by atoms with Crippen molar-refractivity contribution in [3.8, 4) is 0 Å². The maximum atomic E-state index is 12.9. The Morgan fingerprint density at radius 2 is 1.73 bits per heavy atom. The summed E-state index contributed by atoms with van der Waals surface area (Å²) < 4.78 is 56.6. The van der Waals surface area contributed by atoms with Gasteiger partial charge in [0.25, 0.3) is 0 Å². The molecule has 0 amide bonds. The number of benzene rings is 1. The molecule has 0 N–H and O–H groups in total. The van der Waals surface area contributed by atoms with Crippen LogP contribution in [0.1, 0.15) is 5.56 Å². The summed E-state index contributed by atoms with van der Waals surface area (Å²) in [4.78, 5) is 0. The van der Waals surface area contributed by atoms with Gasteiger partial charge >= 0.3 is 29.6 Å². The molecule has 78 valence electrons. The molecule has 0 aliphatic heterocycles. The van der Waals surface area contributed by atoms with Crippen molar-refractivity contribution in [3.63, 3.8) is 0 Å². The first kappa shape index (κ1) is 15.3.